The first kappa shape index (κ1) is 28.1. The monoisotopic (exact) mass is 548 g/mol. The molecule has 0 unspecified atom stereocenters. The molecule has 1 aliphatic heterocycles. The summed E-state index contributed by atoms with van der Waals surface area (Å²) in [5.74, 6) is 0.0296. The Morgan fingerprint density at radius 2 is 1.51 bits per heavy atom. The second kappa shape index (κ2) is 13.7. The fraction of sp³-hybridized carbons (Fsp3) is 0.265. The molecule has 3 aromatic carbocycles. The van der Waals surface area contributed by atoms with Crippen molar-refractivity contribution in [2.45, 2.75) is 37.4 Å². The highest BCUT2D eigenvalue weighted by molar-refractivity contribution is 5.82. The van der Waals surface area contributed by atoms with Crippen molar-refractivity contribution in [1.82, 2.24) is 20.1 Å². The number of rotatable bonds is 10. The van der Waals surface area contributed by atoms with E-state index in [2.05, 4.69) is 34.6 Å². The van der Waals surface area contributed by atoms with E-state index in [0.717, 1.165) is 22.4 Å². The van der Waals surface area contributed by atoms with Gasteiger partial charge in [0.05, 0.1) is 6.04 Å². The summed E-state index contributed by atoms with van der Waals surface area (Å²) < 4.78 is 0. The van der Waals surface area contributed by atoms with Crippen LogP contribution in [-0.4, -0.2) is 63.6 Å². The minimum atomic E-state index is -0.974. The molecule has 1 aliphatic rings. The number of carbonyl (C=O) groups excluding carboxylic acids is 1. The number of carbonyl (C=O) groups is 2. The molecule has 1 fully saturated rings. The van der Waals surface area contributed by atoms with Crippen LogP contribution in [0.1, 0.15) is 34.7 Å². The Hall–Kier alpha value is -4.49. The standard InChI is InChI=1S/C34H36N4O3/c39-33-32(22-29-18-10-11-20-35-29)36-30(24-38(34(40)41)23-26-12-4-1-5-13-26)19-21-37(33)25-31(27-14-6-2-7-15-27)28-16-8-3-9-17-28/h1-18,20,30-32,36H,19,21-25H2,(H,40,41)/t30-,32-/m0/s1. The van der Waals surface area contributed by atoms with Crippen molar-refractivity contribution in [1.29, 1.82) is 0 Å². The van der Waals surface area contributed by atoms with Gasteiger partial charge in [0.15, 0.2) is 0 Å². The Labute approximate surface area is 241 Å². The summed E-state index contributed by atoms with van der Waals surface area (Å²) in [5.41, 5.74) is 4.06. The lowest BCUT2D eigenvalue weighted by atomic mass is 9.90. The Morgan fingerprint density at radius 1 is 0.902 bits per heavy atom. The van der Waals surface area contributed by atoms with E-state index in [4.69, 9.17) is 0 Å². The normalized spacial score (nSPS) is 17.3. The largest absolute Gasteiger partial charge is 0.465 e. The third-order valence-corrected chi connectivity index (χ3v) is 7.67. The fourth-order valence-corrected chi connectivity index (χ4v) is 5.56. The van der Waals surface area contributed by atoms with Gasteiger partial charge >= 0.3 is 6.09 Å². The van der Waals surface area contributed by atoms with Crippen LogP contribution in [-0.2, 0) is 17.8 Å². The molecule has 1 aromatic heterocycles. The third kappa shape index (κ3) is 7.58. The Bertz CT molecular complexity index is 1350. The van der Waals surface area contributed by atoms with Gasteiger partial charge in [0.25, 0.3) is 0 Å². The van der Waals surface area contributed by atoms with E-state index in [1.165, 1.54) is 4.90 Å². The summed E-state index contributed by atoms with van der Waals surface area (Å²) in [4.78, 5) is 34.2. The molecular formula is C34H36N4O3. The molecule has 0 radical (unpaired) electrons. The van der Waals surface area contributed by atoms with E-state index in [0.29, 0.717) is 32.5 Å². The number of hydrogen-bond donors (Lipinski definition) is 2. The third-order valence-electron chi connectivity index (χ3n) is 7.67. The second-order valence-corrected chi connectivity index (χ2v) is 10.5. The average molecular weight is 549 g/mol. The lowest BCUT2D eigenvalue weighted by Crippen LogP contribution is -2.50. The van der Waals surface area contributed by atoms with Crippen LogP contribution < -0.4 is 5.32 Å². The highest BCUT2D eigenvalue weighted by Gasteiger charge is 2.34. The number of benzene rings is 3. The van der Waals surface area contributed by atoms with Crippen molar-refractivity contribution >= 4 is 12.0 Å². The van der Waals surface area contributed by atoms with E-state index in [-0.39, 0.29) is 24.4 Å². The van der Waals surface area contributed by atoms with Gasteiger partial charge in [-0.2, -0.15) is 0 Å². The molecule has 2 heterocycles. The van der Waals surface area contributed by atoms with Crippen LogP contribution in [0.2, 0.25) is 0 Å². The quantitative estimate of drug-likeness (QED) is 0.285. The van der Waals surface area contributed by atoms with Crippen LogP contribution in [0.4, 0.5) is 4.79 Å². The topological polar surface area (TPSA) is 85.8 Å². The minimum Gasteiger partial charge on any atom is -0.465 e. The molecule has 210 valence electrons. The van der Waals surface area contributed by atoms with Gasteiger partial charge in [-0.3, -0.25) is 9.78 Å². The van der Waals surface area contributed by atoms with Crippen LogP contribution >= 0.6 is 0 Å². The Kier molecular flexibility index (Phi) is 9.39. The van der Waals surface area contributed by atoms with Crippen LogP contribution in [0.5, 0.6) is 0 Å². The van der Waals surface area contributed by atoms with Crippen LogP contribution in [0, 0.1) is 0 Å². The van der Waals surface area contributed by atoms with Crippen LogP contribution in [0.15, 0.2) is 115 Å². The maximum Gasteiger partial charge on any atom is 0.407 e. The summed E-state index contributed by atoms with van der Waals surface area (Å²) in [7, 11) is 0. The smallest absolute Gasteiger partial charge is 0.407 e. The zero-order valence-electron chi connectivity index (χ0n) is 23.0. The lowest BCUT2D eigenvalue weighted by Gasteiger charge is -2.29. The molecule has 7 heteroatoms. The first-order chi connectivity index (χ1) is 20.1. The molecule has 2 N–H and O–H groups in total. The maximum absolute atomic E-state index is 14.1. The van der Waals surface area contributed by atoms with E-state index in [1.54, 1.807) is 6.20 Å². The number of carboxylic acid groups (broad SMARTS) is 1. The van der Waals surface area contributed by atoms with Crippen LogP contribution in [0.3, 0.4) is 0 Å². The van der Waals surface area contributed by atoms with E-state index in [9.17, 15) is 14.7 Å². The molecule has 0 saturated carbocycles. The predicted molar refractivity (Wildman–Crippen MR) is 159 cm³/mol. The van der Waals surface area contributed by atoms with Gasteiger partial charge < -0.3 is 20.2 Å². The SMILES string of the molecule is O=C(O)N(Cc1ccccc1)C[C@@H]1CCN(CC(c2ccccc2)c2ccccc2)C(=O)[C@H](Cc2ccccn2)N1. The highest BCUT2D eigenvalue weighted by Crippen LogP contribution is 2.27. The summed E-state index contributed by atoms with van der Waals surface area (Å²) in [5, 5.41) is 13.6. The average Bonchev–Trinajstić information content (AvgIpc) is 3.15. The number of amides is 2. The molecule has 2 atom stereocenters. The molecule has 0 bridgehead atoms. The summed E-state index contributed by atoms with van der Waals surface area (Å²) in [6, 6.07) is 35.2. The Morgan fingerprint density at radius 3 is 2.10 bits per heavy atom. The second-order valence-electron chi connectivity index (χ2n) is 10.5. The maximum atomic E-state index is 14.1. The molecule has 5 rings (SSSR count). The van der Waals surface area contributed by atoms with Gasteiger partial charge in [0, 0.05) is 56.5 Å². The van der Waals surface area contributed by atoms with Gasteiger partial charge in [0.1, 0.15) is 0 Å². The van der Waals surface area contributed by atoms with Gasteiger partial charge in [-0.15, -0.1) is 0 Å². The van der Waals surface area contributed by atoms with E-state index >= 15 is 0 Å². The Balaban J connectivity index is 1.40. The van der Waals surface area contributed by atoms with Crippen molar-refractivity contribution in [3.05, 3.63) is 138 Å². The van der Waals surface area contributed by atoms with Crippen molar-refractivity contribution in [3.63, 3.8) is 0 Å². The van der Waals surface area contributed by atoms with Gasteiger partial charge in [-0.05, 0) is 35.2 Å². The molecule has 1 saturated heterocycles. The van der Waals surface area contributed by atoms with Crippen molar-refractivity contribution in [2.24, 2.45) is 0 Å². The number of hydrogen-bond acceptors (Lipinski definition) is 4. The number of nitrogens with zero attached hydrogens (tertiary/aromatic N) is 3. The number of nitrogens with one attached hydrogen (secondary N) is 1. The summed E-state index contributed by atoms with van der Waals surface area (Å²) in [6.45, 7) is 1.64. The van der Waals surface area contributed by atoms with Gasteiger partial charge in [-0.1, -0.05) is 97.1 Å². The molecule has 2 amide bonds. The predicted octanol–water partition coefficient (Wildman–Crippen LogP) is 5.20. The van der Waals surface area contributed by atoms with Crippen molar-refractivity contribution in [3.8, 4) is 0 Å². The summed E-state index contributed by atoms with van der Waals surface area (Å²) in [6.07, 6.45) is 1.83. The molecule has 4 aromatic rings. The lowest BCUT2D eigenvalue weighted by molar-refractivity contribution is -0.132. The zero-order valence-corrected chi connectivity index (χ0v) is 23.0. The molecule has 41 heavy (non-hydrogen) atoms. The number of pyridine rings is 1. The van der Waals surface area contributed by atoms with E-state index < -0.39 is 12.1 Å². The van der Waals surface area contributed by atoms with Crippen molar-refractivity contribution < 1.29 is 14.7 Å². The van der Waals surface area contributed by atoms with Gasteiger partial charge in [0.2, 0.25) is 5.91 Å². The zero-order chi connectivity index (χ0) is 28.4. The number of aromatic nitrogens is 1. The van der Waals surface area contributed by atoms with E-state index in [1.807, 2.05) is 89.8 Å². The highest BCUT2D eigenvalue weighted by atomic mass is 16.4. The molecule has 0 spiro atoms. The van der Waals surface area contributed by atoms with Crippen molar-refractivity contribution in [2.75, 3.05) is 19.6 Å². The molecule has 0 aliphatic carbocycles. The summed E-state index contributed by atoms with van der Waals surface area (Å²) >= 11 is 0. The molecular weight excluding hydrogens is 512 g/mol. The van der Waals surface area contributed by atoms with Crippen LogP contribution in [0.25, 0.3) is 0 Å². The minimum absolute atomic E-state index is 0.0138. The first-order valence-electron chi connectivity index (χ1n) is 14.1. The molecule has 7 nitrogen and oxygen atoms in total. The fourth-order valence-electron chi connectivity index (χ4n) is 5.56. The first-order valence-corrected chi connectivity index (χ1v) is 14.1. The van der Waals surface area contributed by atoms with Gasteiger partial charge in [-0.25, -0.2) is 4.79 Å².